The number of unbranched alkanes of at least 4 members (excludes halogenated alkanes) is 4. The molecule has 2 atom stereocenters. The summed E-state index contributed by atoms with van der Waals surface area (Å²) in [5.74, 6) is 0.159. The van der Waals surface area contributed by atoms with E-state index < -0.39 is 23.8 Å². The third-order valence-corrected chi connectivity index (χ3v) is 7.84. The monoisotopic (exact) mass is 597 g/mol. The topological polar surface area (TPSA) is 87.7 Å². The standard InChI is InChI=1S/C34H51N3O4S/c1-8-9-10-11-15-22-37(32(39)29(21-23-42-7)36-33(40)41-34(4,5)6)30(28-20-16-17-25(2)26(28)3)31(38)35-24-27-18-13-12-14-19-27/h12-14,16-20,29-30H,8-11,15,21-24H2,1-7H3,(H,35,38)(H,36,40). The zero-order valence-electron chi connectivity index (χ0n) is 26.6. The van der Waals surface area contributed by atoms with E-state index in [9.17, 15) is 14.4 Å². The van der Waals surface area contributed by atoms with Crippen LogP contribution in [0.25, 0.3) is 0 Å². The molecule has 8 heteroatoms. The molecular weight excluding hydrogens is 546 g/mol. The maximum Gasteiger partial charge on any atom is 0.408 e. The van der Waals surface area contributed by atoms with Gasteiger partial charge in [-0.25, -0.2) is 4.79 Å². The molecule has 0 radical (unpaired) electrons. The normalized spacial score (nSPS) is 12.7. The molecule has 0 aliphatic carbocycles. The zero-order chi connectivity index (χ0) is 31.1. The van der Waals surface area contributed by atoms with Gasteiger partial charge < -0.3 is 20.3 Å². The Hall–Kier alpha value is -3.00. The highest BCUT2D eigenvalue weighted by Crippen LogP contribution is 2.28. The molecule has 0 fully saturated rings. The second-order valence-corrected chi connectivity index (χ2v) is 12.8. The summed E-state index contributed by atoms with van der Waals surface area (Å²) < 4.78 is 5.51. The lowest BCUT2D eigenvalue weighted by atomic mass is 9.94. The Labute approximate surface area is 257 Å². The van der Waals surface area contributed by atoms with E-state index in [0.717, 1.165) is 54.4 Å². The van der Waals surface area contributed by atoms with E-state index >= 15 is 0 Å². The summed E-state index contributed by atoms with van der Waals surface area (Å²) in [6, 6.07) is 14.0. The van der Waals surface area contributed by atoms with Crippen molar-refractivity contribution in [2.45, 2.75) is 104 Å². The number of carbonyl (C=O) groups excluding carboxylic acids is 3. The number of ether oxygens (including phenoxy) is 1. The second-order valence-electron chi connectivity index (χ2n) is 11.8. The van der Waals surface area contributed by atoms with E-state index in [2.05, 4.69) is 17.6 Å². The number of hydrogen-bond donors (Lipinski definition) is 2. The molecule has 0 aliphatic heterocycles. The first kappa shape index (κ1) is 35.2. The number of nitrogens with zero attached hydrogens (tertiary/aromatic N) is 1. The Morgan fingerprint density at radius 2 is 1.64 bits per heavy atom. The first-order valence-electron chi connectivity index (χ1n) is 15.1. The lowest BCUT2D eigenvalue weighted by Crippen LogP contribution is -2.53. The number of benzene rings is 2. The average molecular weight is 598 g/mol. The minimum atomic E-state index is -0.843. The van der Waals surface area contributed by atoms with Crippen LogP contribution in [-0.2, 0) is 20.9 Å². The van der Waals surface area contributed by atoms with Gasteiger partial charge in [0.25, 0.3) is 0 Å². The highest BCUT2D eigenvalue weighted by atomic mass is 32.2. The molecule has 0 saturated carbocycles. The number of hydrogen-bond acceptors (Lipinski definition) is 5. The van der Waals surface area contributed by atoms with Crippen LogP contribution in [0.15, 0.2) is 48.5 Å². The molecule has 232 valence electrons. The van der Waals surface area contributed by atoms with Gasteiger partial charge >= 0.3 is 6.09 Å². The van der Waals surface area contributed by atoms with Crippen molar-refractivity contribution in [2.24, 2.45) is 0 Å². The molecule has 0 aromatic heterocycles. The van der Waals surface area contributed by atoms with Gasteiger partial charge in [-0.1, -0.05) is 81.1 Å². The molecule has 0 heterocycles. The molecule has 2 rings (SSSR count). The number of aryl methyl sites for hydroxylation is 1. The molecule has 0 bridgehead atoms. The molecule has 3 amide bonds. The Bertz CT molecular complexity index is 1130. The Morgan fingerprint density at radius 1 is 0.952 bits per heavy atom. The van der Waals surface area contributed by atoms with Gasteiger partial charge in [-0.05, 0) is 81.7 Å². The van der Waals surface area contributed by atoms with E-state index in [1.54, 1.807) is 37.4 Å². The second kappa shape index (κ2) is 17.8. The summed E-state index contributed by atoms with van der Waals surface area (Å²) in [5.41, 5.74) is 3.10. The summed E-state index contributed by atoms with van der Waals surface area (Å²) >= 11 is 1.61. The SMILES string of the molecule is CCCCCCCN(C(=O)C(CCSC)NC(=O)OC(C)(C)C)C(C(=O)NCc1ccccc1)c1cccc(C)c1C. The maximum absolute atomic E-state index is 14.4. The molecule has 2 aromatic rings. The number of rotatable bonds is 16. The quantitative estimate of drug-likeness (QED) is 0.202. The van der Waals surface area contributed by atoms with Gasteiger partial charge in [-0.3, -0.25) is 9.59 Å². The van der Waals surface area contributed by atoms with E-state index in [4.69, 9.17) is 4.74 Å². The summed E-state index contributed by atoms with van der Waals surface area (Å²) in [6.45, 7) is 12.3. The van der Waals surface area contributed by atoms with E-state index in [1.165, 1.54) is 0 Å². The fourth-order valence-corrected chi connectivity index (χ4v) is 5.27. The van der Waals surface area contributed by atoms with Crippen LogP contribution >= 0.6 is 11.8 Å². The number of thioether (sulfide) groups is 1. The fourth-order valence-electron chi connectivity index (χ4n) is 4.80. The number of amides is 3. The third-order valence-electron chi connectivity index (χ3n) is 7.20. The van der Waals surface area contributed by atoms with Crippen molar-refractivity contribution in [3.8, 4) is 0 Å². The Balaban J connectivity index is 2.51. The van der Waals surface area contributed by atoms with Crippen LogP contribution in [0.1, 0.15) is 94.5 Å². The Morgan fingerprint density at radius 3 is 2.29 bits per heavy atom. The molecule has 2 unspecified atom stereocenters. The van der Waals surface area contributed by atoms with Crippen molar-refractivity contribution in [1.29, 1.82) is 0 Å². The summed E-state index contributed by atoms with van der Waals surface area (Å²) in [6.07, 6.45) is 6.79. The molecule has 0 aliphatic rings. The summed E-state index contributed by atoms with van der Waals surface area (Å²) in [4.78, 5) is 43.0. The predicted molar refractivity (Wildman–Crippen MR) is 174 cm³/mol. The lowest BCUT2D eigenvalue weighted by Gasteiger charge is -2.35. The maximum atomic E-state index is 14.4. The van der Waals surface area contributed by atoms with Crippen molar-refractivity contribution in [3.63, 3.8) is 0 Å². The zero-order valence-corrected chi connectivity index (χ0v) is 27.4. The van der Waals surface area contributed by atoms with Gasteiger partial charge in [0.15, 0.2) is 0 Å². The molecular formula is C34H51N3O4S. The number of nitrogens with one attached hydrogen (secondary N) is 2. The van der Waals surface area contributed by atoms with Crippen LogP contribution in [0.4, 0.5) is 4.79 Å². The smallest absolute Gasteiger partial charge is 0.408 e. The van der Waals surface area contributed by atoms with Crippen molar-refractivity contribution in [2.75, 3.05) is 18.6 Å². The van der Waals surface area contributed by atoms with Crippen LogP contribution in [0.3, 0.4) is 0 Å². The summed E-state index contributed by atoms with van der Waals surface area (Å²) in [5, 5.41) is 5.93. The van der Waals surface area contributed by atoms with Crippen LogP contribution < -0.4 is 10.6 Å². The minimum Gasteiger partial charge on any atom is -0.444 e. The van der Waals surface area contributed by atoms with Crippen LogP contribution in [0.5, 0.6) is 0 Å². The van der Waals surface area contributed by atoms with Gasteiger partial charge in [0.1, 0.15) is 17.7 Å². The van der Waals surface area contributed by atoms with Crippen molar-refractivity contribution < 1.29 is 19.1 Å². The van der Waals surface area contributed by atoms with Crippen molar-refractivity contribution in [3.05, 3.63) is 70.8 Å². The van der Waals surface area contributed by atoms with Crippen LogP contribution in [0, 0.1) is 13.8 Å². The third kappa shape index (κ3) is 11.7. The van der Waals surface area contributed by atoms with E-state index in [1.807, 2.05) is 68.6 Å². The fraction of sp³-hybridized carbons (Fsp3) is 0.559. The van der Waals surface area contributed by atoms with Crippen molar-refractivity contribution in [1.82, 2.24) is 15.5 Å². The lowest BCUT2D eigenvalue weighted by molar-refractivity contribution is -0.142. The van der Waals surface area contributed by atoms with Gasteiger partial charge in [0, 0.05) is 13.1 Å². The first-order chi connectivity index (χ1) is 20.0. The highest BCUT2D eigenvalue weighted by Gasteiger charge is 2.36. The average Bonchev–Trinajstić information content (AvgIpc) is 2.94. The highest BCUT2D eigenvalue weighted by molar-refractivity contribution is 7.98. The van der Waals surface area contributed by atoms with Crippen LogP contribution in [-0.4, -0.2) is 53.0 Å². The van der Waals surface area contributed by atoms with Gasteiger partial charge in [0.05, 0.1) is 0 Å². The molecule has 2 N–H and O–H groups in total. The Kier molecular flexibility index (Phi) is 15.0. The number of alkyl carbamates (subject to hydrolysis) is 1. The summed E-state index contributed by atoms with van der Waals surface area (Å²) in [7, 11) is 0. The van der Waals surface area contributed by atoms with E-state index in [-0.39, 0.29) is 11.8 Å². The first-order valence-corrected chi connectivity index (χ1v) is 16.5. The number of carbonyl (C=O) groups is 3. The molecule has 2 aromatic carbocycles. The molecule has 42 heavy (non-hydrogen) atoms. The van der Waals surface area contributed by atoms with Gasteiger partial charge in [-0.2, -0.15) is 11.8 Å². The molecule has 0 spiro atoms. The molecule has 0 saturated heterocycles. The molecule has 7 nitrogen and oxygen atoms in total. The minimum absolute atomic E-state index is 0.240. The van der Waals surface area contributed by atoms with Gasteiger partial charge in [0.2, 0.25) is 11.8 Å². The van der Waals surface area contributed by atoms with Crippen LogP contribution in [0.2, 0.25) is 0 Å². The largest absolute Gasteiger partial charge is 0.444 e. The van der Waals surface area contributed by atoms with Gasteiger partial charge in [-0.15, -0.1) is 0 Å². The van der Waals surface area contributed by atoms with E-state index in [0.29, 0.717) is 25.3 Å². The predicted octanol–water partition coefficient (Wildman–Crippen LogP) is 7.11. The van der Waals surface area contributed by atoms with Crippen molar-refractivity contribution >= 4 is 29.7 Å².